The van der Waals surface area contributed by atoms with Crippen LogP contribution in [0.15, 0.2) is 71.6 Å². The molecule has 43 heavy (non-hydrogen) atoms. The summed E-state index contributed by atoms with van der Waals surface area (Å²) in [4.78, 5) is 29.6. The first-order valence-electron chi connectivity index (χ1n) is 13.3. The highest BCUT2D eigenvalue weighted by Crippen LogP contribution is 2.51. The number of nitrogens with zero attached hydrogens (tertiary/aromatic N) is 5. The van der Waals surface area contributed by atoms with Crippen molar-refractivity contribution in [3.8, 4) is 0 Å². The Kier molecular flexibility index (Phi) is 9.00. The molecule has 4 atom stereocenters. The molecule has 0 spiro atoms. The average Bonchev–Trinajstić information content (AvgIpc) is 3.70. The molecule has 0 saturated carbocycles. The van der Waals surface area contributed by atoms with Gasteiger partial charge in [-0.15, -0.1) is 0 Å². The van der Waals surface area contributed by atoms with Gasteiger partial charge < -0.3 is 49.1 Å². The van der Waals surface area contributed by atoms with Gasteiger partial charge in [0.25, 0.3) is 6.33 Å². The summed E-state index contributed by atoms with van der Waals surface area (Å²) in [5, 5.41) is 23.4. The number of carbonyl (C=O) groups excluding carboxylic acids is 1. The number of carbonyl (C=O) groups is 2. The van der Waals surface area contributed by atoms with Gasteiger partial charge in [0, 0.05) is 16.9 Å². The summed E-state index contributed by atoms with van der Waals surface area (Å²) in [5.74, 6) is -2.19. The maximum atomic E-state index is 12.8. The normalized spacial score (nSPS) is 20.2. The number of aliphatic hydroxyl groups is 1. The molecule has 1 saturated heterocycles. The summed E-state index contributed by atoms with van der Waals surface area (Å²) >= 11 is 4.93. The number of fused-ring (bicyclic) bond motifs is 3. The largest absolute Gasteiger partial charge is 1.00 e. The molecular weight excluding hydrogens is 738 g/mol. The maximum absolute atomic E-state index is 12.8. The highest BCUT2D eigenvalue weighted by molar-refractivity contribution is 7.98. The number of β-lactam (4-membered cyclic amide) rings is 1. The highest BCUT2D eigenvalue weighted by Gasteiger charge is 2.60. The fourth-order valence-electron chi connectivity index (χ4n) is 6.42. The summed E-state index contributed by atoms with van der Waals surface area (Å²) < 4.78 is 8.61. The molecule has 5 aromatic rings. The average molecular weight is 768 g/mol. The number of carboxylic acid groups (broad SMARTS) is 1. The van der Waals surface area contributed by atoms with Crippen molar-refractivity contribution in [1.29, 1.82) is 0 Å². The van der Waals surface area contributed by atoms with E-state index in [-0.39, 0.29) is 57.5 Å². The van der Waals surface area contributed by atoms with Crippen molar-refractivity contribution in [3.63, 3.8) is 0 Å². The van der Waals surface area contributed by atoms with Crippen molar-refractivity contribution in [2.45, 2.75) is 44.1 Å². The van der Waals surface area contributed by atoms with Gasteiger partial charge in [-0.25, -0.2) is 13.9 Å². The van der Waals surface area contributed by atoms with E-state index in [9.17, 15) is 19.8 Å². The van der Waals surface area contributed by atoms with Gasteiger partial charge in [-0.05, 0) is 30.4 Å². The third kappa shape index (κ3) is 5.19. The first kappa shape index (κ1) is 31.9. The molecule has 1 aromatic carbocycles. The maximum Gasteiger partial charge on any atom is 0.352 e. The molecule has 4 aromatic heterocycles. The summed E-state index contributed by atoms with van der Waals surface area (Å²) in [6, 6.07) is 8.32. The van der Waals surface area contributed by atoms with E-state index in [4.69, 9.17) is 0 Å². The number of hydrogen-bond donors (Lipinski definition) is 2. The van der Waals surface area contributed by atoms with E-state index in [2.05, 4.69) is 78.9 Å². The minimum absolute atomic E-state index is 0. The van der Waals surface area contributed by atoms with Gasteiger partial charge in [-0.2, -0.15) is 8.80 Å². The molecule has 9 nitrogen and oxygen atoms in total. The molecule has 2 N–H and O–H groups in total. The molecule has 14 heteroatoms. The van der Waals surface area contributed by atoms with Crippen LogP contribution in [0.5, 0.6) is 0 Å². The van der Waals surface area contributed by atoms with Crippen LogP contribution < -0.4 is 42.8 Å². The Labute approximate surface area is 281 Å². The second-order valence-corrected chi connectivity index (χ2v) is 13.5. The molecule has 7 rings (SSSR count). The van der Waals surface area contributed by atoms with Gasteiger partial charge in [0.15, 0.2) is 0 Å². The monoisotopic (exact) mass is 765 g/mol. The van der Waals surface area contributed by atoms with E-state index in [0.717, 1.165) is 21.3 Å². The number of thiazole rings is 2. The Morgan fingerprint density at radius 3 is 2.58 bits per heavy atom. The first-order chi connectivity index (χ1) is 19.7. The molecule has 6 heterocycles. The van der Waals surface area contributed by atoms with Crippen LogP contribution >= 0.6 is 34.4 Å². The van der Waals surface area contributed by atoms with Crippen LogP contribution in [0.25, 0.3) is 15.2 Å². The standard InChI is InChI=1S/C29H28N5O4S3.2BrH/c1-16-22(25(29(37)38)34-24(16)23(17(2)35)26(34)36)20-12-33-15-32(27(39-3)28(33)41-20)11-19-6-4-5-18(9-19)10-30-13-21-31(14-30)7-8-40-21;;/h4-9,12-17,23-24,35H,10-11H2,1-3H3;2*1H/q+1;;/p-1/t16-,17+,23+,24+;;/m0../s1. The lowest BCUT2D eigenvalue weighted by Gasteiger charge is -2.46. The minimum atomic E-state index is -1.11. The van der Waals surface area contributed by atoms with E-state index in [1.54, 1.807) is 41.4 Å². The highest BCUT2D eigenvalue weighted by atomic mass is 79.9. The Balaban J connectivity index is 0.00000184. The molecular formula is C29H29Br2N5O4S3. The topological polar surface area (TPSA) is 95.9 Å². The fraction of sp³-hybridized carbons (Fsp3) is 0.310. The van der Waals surface area contributed by atoms with Crippen LogP contribution in [0.2, 0.25) is 0 Å². The molecule has 1 fully saturated rings. The van der Waals surface area contributed by atoms with E-state index in [1.165, 1.54) is 20.9 Å². The van der Waals surface area contributed by atoms with Gasteiger partial charge in [-0.3, -0.25) is 4.79 Å². The number of amides is 1. The zero-order valence-electron chi connectivity index (χ0n) is 23.4. The minimum Gasteiger partial charge on any atom is -1.00 e. The number of hydrogen-bond acceptors (Lipinski definition) is 6. The van der Waals surface area contributed by atoms with Crippen molar-refractivity contribution in [2.24, 2.45) is 11.8 Å². The molecule has 0 bridgehead atoms. The second-order valence-electron chi connectivity index (χ2n) is 10.8. The summed E-state index contributed by atoms with van der Waals surface area (Å²) in [7, 11) is 0. The fourth-order valence-corrected chi connectivity index (χ4v) is 9.35. The van der Waals surface area contributed by atoms with Crippen LogP contribution in [0, 0.1) is 11.8 Å². The number of halogens is 2. The molecule has 0 aliphatic carbocycles. The van der Waals surface area contributed by atoms with Crippen LogP contribution in [0.3, 0.4) is 0 Å². The molecule has 2 aliphatic rings. The predicted molar refractivity (Wildman–Crippen MR) is 157 cm³/mol. The van der Waals surface area contributed by atoms with Gasteiger partial charge in [-0.1, -0.05) is 59.6 Å². The van der Waals surface area contributed by atoms with Crippen molar-refractivity contribution < 1.29 is 62.6 Å². The third-order valence-electron chi connectivity index (χ3n) is 8.16. The molecule has 226 valence electrons. The van der Waals surface area contributed by atoms with Gasteiger partial charge in [0.1, 0.15) is 37.4 Å². The van der Waals surface area contributed by atoms with Gasteiger partial charge >= 0.3 is 5.97 Å². The summed E-state index contributed by atoms with van der Waals surface area (Å²) in [6.45, 7) is 5.06. The lowest BCUT2D eigenvalue weighted by molar-refractivity contribution is -0.508. The smallest absolute Gasteiger partial charge is 0.352 e. The Hall–Kier alpha value is -2.49. The number of thioether (sulfide) groups is 1. The number of aliphatic carboxylic acids is 1. The van der Waals surface area contributed by atoms with Crippen LogP contribution in [-0.4, -0.2) is 54.5 Å². The Morgan fingerprint density at radius 2 is 1.91 bits per heavy atom. The molecule has 2 aliphatic heterocycles. The number of aliphatic hydroxyl groups excluding tert-OH is 1. The van der Waals surface area contributed by atoms with E-state index in [1.807, 2.05) is 13.1 Å². The van der Waals surface area contributed by atoms with Crippen molar-refractivity contribution >= 4 is 61.5 Å². The number of rotatable bonds is 8. The van der Waals surface area contributed by atoms with Crippen LogP contribution in [0.4, 0.5) is 0 Å². The number of imidazole rings is 2. The number of carboxylic acids is 1. The summed E-state index contributed by atoms with van der Waals surface area (Å²) in [5.41, 5.74) is 3.15. The zero-order valence-corrected chi connectivity index (χ0v) is 29.0. The van der Waals surface area contributed by atoms with Gasteiger partial charge in [0.05, 0.1) is 22.9 Å². The van der Waals surface area contributed by atoms with Crippen molar-refractivity contribution in [2.75, 3.05) is 6.26 Å². The third-order valence-corrected chi connectivity index (χ3v) is 11.1. The molecule has 0 radical (unpaired) electrons. The Bertz CT molecular complexity index is 1860. The van der Waals surface area contributed by atoms with Gasteiger partial charge in [0.2, 0.25) is 26.9 Å². The Morgan fingerprint density at radius 1 is 1.16 bits per heavy atom. The van der Waals surface area contributed by atoms with Crippen LogP contribution in [0.1, 0.15) is 29.9 Å². The van der Waals surface area contributed by atoms with E-state index >= 15 is 0 Å². The quantitative estimate of drug-likeness (QED) is 0.103. The van der Waals surface area contributed by atoms with Crippen molar-refractivity contribution in [1.82, 2.24) is 14.0 Å². The zero-order chi connectivity index (χ0) is 28.6. The predicted octanol–water partition coefficient (Wildman–Crippen LogP) is -2.63. The SMILES string of the molecule is CSc1c2sc(C3=C(C(=O)O)N4C(=O)[C@H]([C@@H](C)O)[C@H]4[C@H]3C)c[n+]2cn1Cc1cccc(Cn2cc3scc[n+]3c2)c1.[Br-].[Br-]. The first-order valence-corrected chi connectivity index (χ1v) is 16.3. The van der Waals surface area contributed by atoms with Crippen molar-refractivity contribution in [3.05, 3.63) is 82.6 Å². The van der Waals surface area contributed by atoms with E-state index < -0.39 is 18.0 Å². The number of benzene rings is 1. The summed E-state index contributed by atoms with van der Waals surface area (Å²) in [6.07, 6.45) is 11.6. The second kappa shape index (κ2) is 12.1. The lowest BCUT2D eigenvalue weighted by Crippen LogP contribution is -3.00. The molecule has 1 amide bonds. The van der Waals surface area contributed by atoms with Crippen LogP contribution in [-0.2, 0) is 22.7 Å². The molecule has 0 unspecified atom stereocenters. The number of aromatic nitrogens is 4. The van der Waals surface area contributed by atoms with E-state index in [0.29, 0.717) is 12.1 Å². The lowest BCUT2D eigenvalue weighted by atomic mass is 9.77.